The number of nitrogens with zero attached hydrogens (tertiary/aromatic N) is 2. The molecule has 0 atom stereocenters. The first-order chi connectivity index (χ1) is 14.3. The summed E-state index contributed by atoms with van der Waals surface area (Å²) in [4.78, 5) is 21.5. The summed E-state index contributed by atoms with van der Waals surface area (Å²) in [5.74, 6) is -0.556. The number of carbonyl (C=O) groups is 1. The van der Waals surface area contributed by atoms with Crippen molar-refractivity contribution >= 4 is 34.1 Å². The number of benzene rings is 2. The van der Waals surface area contributed by atoms with E-state index < -0.39 is 22.7 Å². The Morgan fingerprint density at radius 2 is 1.70 bits per heavy atom. The van der Waals surface area contributed by atoms with E-state index in [-0.39, 0.29) is 11.3 Å². The van der Waals surface area contributed by atoms with E-state index in [1.165, 1.54) is 6.07 Å². The average Bonchev–Trinajstić information content (AvgIpc) is 2.74. The summed E-state index contributed by atoms with van der Waals surface area (Å²) in [5, 5.41) is 2.68. The Kier molecular flexibility index (Phi) is 5.13. The number of nitrogens with one attached hydrogen (secondary N) is 1. The third-order valence-electron chi connectivity index (χ3n) is 4.47. The van der Waals surface area contributed by atoms with Gasteiger partial charge >= 0.3 is 6.18 Å². The Labute approximate surface area is 174 Å². The zero-order chi connectivity index (χ0) is 21.3. The molecule has 0 unspecified atom stereocenters. The maximum absolute atomic E-state index is 13.1. The minimum Gasteiger partial charge on any atom is -0.322 e. The van der Waals surface area contributed by atoms with Gasteiger partial charge in [-0.1, -0.05) is 29.8 Å². The van der Waals surface area contributed by atoms with Crippen LogP contribution in [0.5, 0.6) is 0 Å². The molecule has 0 spiro atoms. The van der Waals surface area contributed by atoms with Crippen LogP contribution in [0, 0.1) is 0 Å². The van der Waals surface area contributed by atoms with Crippen LogP contribution < -0.4 is 5.32 Å². The molecule has 30 heavy (non-hydrogen) atoms. The molecule has 0 saturated carbocycles. The standard InChI is InChI=1S/C22H13ClF3N3O/c23-18-6-5-14(11-17(18)22(24,25)26)28-21(30)16-12-20(13-7-9-27-10-8-13)29-19-4-2-1-3-15(16)19/h1-12H,(H,28,30). The lowest BCUT2D eigenvalue weighted by Gasteiger charge is -2.13. The molecule has 2 aromatic heterocycles. The fraction of sp³-hybridized carbons (Fsp3) is 0.0455. The SMILES string of the molecule is O=C(Nc1ccc(Cl)c(C(F)(F)F)c1)c1cc(-c2ccncc2)nc2ccccc12. The maximum Gasteiger partial charge on any atom is 0.417 e. The number of alkyl halides is 3. The van der Waals surface area contributed by atoms with Crippen molar-refractivity contribution in [1.29, 1.82) is 0 Å². The van der Waals surface area contributed by atoms with Crippen LogP contribution in [-0.2, 0) is 6.18 Å². The lowest BCUT2D eigenvalue weighted by molar-refractivity contribution is -0.137. The van der Waals surface area contributed by atoms with Crippen LogP contribution in [-0.4, -0.2) is 15.9 Å². The van der Waals surface area contributed by atoms with Crippen molar-refractivity contribution < 1.29 is 18.0 Å². The summed E-state index contributed by atoms with van der Waals surface area (Å²) in [6.07, 6.45) is -1.41. The first-order valence-electron chi connectivity index (χ1n) is 8.81. The summed E-state index contributed by atoms with van der Waals surface area (Å²) < 4.78 is 39.4. The second-order valence-corrected chi connectivity index (χ2v) is 6.86. The molecule has 0 fully saturated rings. The molecule has 0 bridgehead atoms. The Hall–Kier alpha value is -3.45. The van der Waals surface area contributed by atoms with Crippen molar-refractivity contribution in [2.24, 2.45) is 0 Å². The van der Waals surface area contributed by atoms with E-state index >= 15 is 0 Å². The molecular formula is C22H13ClF3N3O. The number of anilines is 1. The number of rotatable bonds is 3. The van der Waals surface area contributed by atoms with E-state index in [0.717, 1.165) is 17.7 Å². The molecule has 0 aliphatic rings. The van der Waals surface area contributed by atoms with Gasteiger partial charge in [-0.15, -0.1) is 0 Å². The van der Waals surface area contributed by atoms with Gasteiger partial charge in [0.05, 0.1) is 27.4 Å². The molecule has 0 saturated heterocycles. The minimum absolute atomic E-state index is 0.0110. The molecule has 4 rings (SSSR count). The lowest BCUT2D eigenvalue weighted by Crippen LogP contribution is -2.14. The summed E-state index contributed by atoms with van der Waals surface area (Å²) in [5.41, 5.74) is 1.16. The Balaban J connectivity index is 1.77. The third-order valence-corrected chi connectivity index (χ3v) is 4.80. The quantitative estimate of drug-likeness (QED) is 0.422. The van der Waals surface area contributed by atoms with Crippen molar-refractivity contribution in [3.63, 3.8) is 0 Å². The first-order valence-corrected chi connectivity index (χ1v) is 9.19. The molecule has 1 N–H and O–H groups in total. The van der Waals surface area contributed by atoms with Gasteiger partial charge in [0.1, 0.15) is 0 Å². The predicted octanol–water partition coefficient (Wildman–Crippen LogP) is 6.22. The van der Waals surface area contributed by atoms with Crippen LogP contribution >= 0.6 is 11.6 Å². The maximum atomic E-state index is 13.1. The van der Waals surface area contributed by atoms with Gasteiger partial charge in [-0.25, -0.2) is 4.98 Å². The fourth-order valence-corrected chi connectivity index (χ4v) is 3.28. The van der Waals surface area contributed by atoms with E-state index in [4.69, 9.17) is 11.6 Å². The number of carbonyl (C=O) groups excluding carboxylic acids is 1. The average molecular weight is 428 g/mol. The third kappa shape index (κ3) is 3.97. The lowest BCUT2D eigenvalue weighted by atomic mass is 10.0. The van der Waals surface area contributed by atoms with E-state index in [2.05, 4.69) is 15.3 Å². The van der Waals surface area contributed by atoms with Gasteiger partial charge in [0.15, 0.2) is 0 Å². The minimum atomic E-state index is -4.63. The fourth-order valence-electron chi connectivity index (χ4n) is 3.05. The Morgan fingerprint density at radius 1 is 0.967 bits per heavy atom. The molecule has 8 heteroatoms. The largest absolute Gasteiger partial charge is 0.417 e. The van der Waals surface area contributed by atoms with Crippen LogP contribution in [0.2, 0.25) is 5.02 Å². The molecule has 2 aromatic carbocycles. The van der Waals surface area contributed by atoms with Crippen molar-refractivity contribution in [1.82, 2.24) is 9.97 Å². The molecule has 0 radical (unpaired) electrons. The number of aromatic nitrogens is 2. The molecule has 4 nitrogen and oxygen atoms in total. The highest BCUT2D eigenvalue weighted by atomic mass is 35.5. The highest BCUT2D eigenvalue weighted by Gasteiger charge is 2.33. The van der Waals surface area contributed by atoms with Crippen LogP contribution in [0.15, 0.2) is 73.1 Å². The second-order valence-electron chi connectivity index (χ2n) is 6.45. The molecule has 1 amide bonds. The number of hydrogen-bond acceptors (Lipinski definition) is 3. The van der Waals surface area contributed by atoms with E-state index in [9.17, 15) is 18.0 Å². The van der Waals surface area contributed by atoms with Crippen molar-refractivity contribution in [3.8, 4) is 11.3 Å². The highest BCUT2D eigenvalue weighted by Crippen LogP contribution is 2.36. The number of amides is 1. The smallest absolute Gasteiger partial charge is 0.322 e. The first kappa shape index (κ1) is 19.8. The number of halogens is 4. The second kappa shape index (κ2) is 7.76. The topological polar surface area (TPSA) is 54.9 Å². The van der Waals surface area contributed by atoms with Crippen LogP contribution in [0.3, 0.4) is 0 Å². The Morgan fingerprint density at radius 3 is 2.43 bits per heavy atom. The number of hydrogen-bond donors (Lipinski definition) is 1. The summed E-state index contributed by atoms with van der Waals surface area (Å²) >= 11 is 5.66. The molecule has 0 aliphatic heterocycles. The predicted molar refractivity (Wildman–Crippen MR) is 109 cm³/mol. The van der Waals surface area contributed by atoms with Gasteiger partial charge in [-0.2, -0.15) is 13.2 Å². The van der Waals surface area contributed by atoms with Crippen molar-refractivity contribution in [2.75, 3.05) is 5.32 Å². The van der Waals surface area contributed by atoms with E-state index in [1.807, 2.05) is 0 Å². The summed E-state index contributed by atoms with van der Waals surface area (Å²) in [7, 11) is 0. The zero-order valence-electron chi connectivity index (χ0n) is 15.2. The van der Waals surface area contributed by atoms with Gasteiger partial charge in [-0.3, -0.25) is 9.78 Å². The van der Waals surface area contributed by atoms with E-state index in [1.54, 1.807) is 54.9 Å². The van der Waals surface area contributed by atoms with E-state index in [0.29, 0.717) is 16.6 Å². The zero-order valence-corrected chi connectivity index (χ0v) is 16.0. The van der Waals surface area contributed by atoms with Crippen molar-refractivity contribution in [2.45, 2.75) is 6.18 Å². The molecule has 2 heterocycles. The molecular weight excluding hydrogens is 415 g/mol. The van der Waals surface area contributed by atoms with Gasteiger partial charge in [0.2, 0.25) is 0 Å². The van der Waals surface area contributed by atoms with Crippen molar-refractivity contribution in [3.05, 3.63) is 89.2 Å². The van der Waals surface area contributed by atoms with Gasteiger partial charge in [0, 0.05) is 29.0 Å². The van der Waals surface area contributed by atoms with Crippen LogP contribution in [0.25, 0.3) is 22.2 Å². The molecule has 0 aliphatic carbocycles. The van der Waals surface area contributed by atoms with Gasteiger partial charge < -0.3 is 5.32 Å². The molecule has 150 valence electrons. The van der Waals surface area contributed by atoms with Crippen LogP contribution in [0.1, 0.15) is 15.9 Å². The van der Waals surface area contributed by atoms with Gasteiger partial charge in [-0.05, 0) is 42.5 Å². The molecule has 4 aromatic rings. The van der Waals surface area contributed by atoms with Crippen LogP contribution in [0.4, 0.5) is 18.9 Å². The highest BCUT2D eigenvalue weighted by molar-refractivity contribution is 6.31. The normalized spacial score (nSPS) is 11.5. The summed E-state index contributed by atoms with van der Waals surface area (Å²) in [6.45, 7) is 0. The number of pyridine rings is 2. The number of fused-ring (bicyclic) bond motifs is 1. The number of para-hydroxylation sites is 1. The monoisotopic (exact) mass is 427 g/mol. The van der Waals surface area contributed by atoms with Gasteiger partial charge in [0.25, 0.3) is 5.91 Å². The Bertz CT molecular complexity index is 1240. The summed E-state index contributed by atoms with van der Waals surface area (Å²) in [6, 6.07) is 15.4.